The standard InChI is InChI=1S/C8H11NO5S/c1-5(2)13-8(10)6-3-4-7(14-6)15(9,11)12/h3-5H,1-2H3,(H2,9,11,12). The molecule has 1 rings (SSSR count). The maximum Gasteiger partial charge on any atom is 0.374 e. The fourth-order valence-electron chi connectivity index (χ4n) is 0.855. The normalized spacial score (nSPS) is 11.7. The van der Waals surface area contributed by atoms with Crippen molar-refractivity contribution in [2.45, 2.75) is 25.0 Å². The first-order chi connectivity index (χ1) is 6.80. The molecule has 1 heterocycles. The van der Waals surface area contributed by atoms with E-state index in [2.05, 4.69) is 0 Å². The number of carbonyl (C=O) groups excluding carboxylic acids is 1. The van der Waals surface area contributed by atoms with Gasteiger partial charge in [-0.05, 0) is 26.0 Å². The zero-order chi connectivity index (χ0) is 11.6. The lowest BCUT2D eigenvalue weighted by Crippen LogP contribution is -2.12. The van der Waals surface area contributed by atoms with Gasteiger partial charge in [0.05, 0.1) is 6.10 Å². The van der Waals surface area contributed by atoms with Crippen LogP contribution in [0.3, 0.4) is 0 Å². The Labute approximate surface area is 87.1 Å². The van der Waals surface area contributed by atoms with E-state index in [1.165, 1.54) is 6.07 Å². The van der Waals surface area contributed by atoms with Crippen molar-refractivity contribution in [2.75, 3.05) is 0 Å². The van der Waals surface area contributed by atoms with Gasteiger partial charge in [0.1, 0.15) is 0 Å². The van der Waals surface area contributed by atoms with E-state index in [-0.39, 0.29) is 11.9 Å². The third kappa shape index (κ3) is 3.07. The van der Waals surface area contributed by atoms with Gasteiger partial charge in [0.2, 0.25) is 10.9 Å². The van der Waals surface area contributed by atoms with Crippen molar-refractivity contribution in [3.63, 3.8) is 0 Å². The van der Waals surface area contributed by atoms with E-state index in [9.17, 15) is 13.2 Å². The molecule has 1 aromatic heterocycles. The number of furan rings is 1. The first kappa shape index (κ1) is 11.7. The summed E-state index contributed by atoms with van der Waals surface area (Å²) in [5, 5.41) is 4.34. The summed E-state index contributed by atoms with van der Waals surface area (Å²) in [5.74, 6) is -0.910. The molecule has 0 unspecified atom stereocenters. The molecule has 0 aliphatic carbocycles. The summed E-state index contributed by atoms with van der Waals surface area (Å²) in [6, 6.07) is 2.30. The molecule has 84 valence electrons. The number of rotatable bonds is 3. The fourth-order valence-corrected chi connectivity index (χ4v) is 1.32. The number of nitrogens with two attached hydrogens (primary N) is 1. The fraction of sp³-hybridized carbons (Fsp3) is 0.375. The quantitative estimate of drug-likeness (QED) is 0.766. The first-order valence-corrected chi connectivity index (χ1v) is 5.69. The van der Waals surface area contributed by atoms with Crippen LogP contribution in [0, 0.1) is 0 Å². The van der Waals surface area contributed by atoms with Crippen molar-refractivity contribution in [1.29, 1.82) is 0 Å². The molecule has 0 saturated heterocycles. The Morgan fingerprint density at radius 2 is 2.07 bits per heavy atom. The Bertz CT molecular complexity index is 459. The van der Waals surface area contributed by atoms with Crippen LogP contribution in [0.5, 0.6) is 0 Å². The van der Waals surface area contributed by atoms with Crippen molar-refractivity contribution >= 4 is 16.0 Å². The molecule has 6 nitrogen and oxygen atoms in total. The lowest BCUT2D eigenvalue weighted by atomic mass is 10.4. The van der Waals surface area contributed by atoms with Gasteiger partial charge in [0, 0.05) is 0 Å². The topological polar surface area (TPSA) is 99.6 Å². The maximum absolute atomic E-state index is 11.2. The van der Waals surface area contributed by atoms with E-state index < -0.39 is 21.1 Å². The van der Waals surface area contributed by atoms with Gasteiger partial charge in [0.25, 0.3) is 10.0 Å². The summed E-state index contributed by atoms with van der Waals surface area (Å²) >= 11 is 0. The molecular formula is C8H11NO5S. The molecule has 0 bridgehead atoms. The molecule has 15 heavy (non-hydrogen) atoms. The van der Waals surface area contributed by atoms with Crippen molar-refractivity contribution in [3.8, 4) is 0 Å². The maximum atomic E-state index is 11.2. The predicted molar refractivity (Wildman–Crippen MR) is 50.6 cm³/mol. The Kier molecular flexibility index (Phi) is 3.15. The van der Waals surface area contributed by atoms with Crippen LogP contribution in [-0.2, 0) is 14.8 Å². The zero-order valence-corrected chi connectivity index (χ0v) is 9.08. The largest absolute Gasteiger partial charge is 0.457 e. The van der Waals surface area contributed by atoms with Gasteiger partial charge in [-0.3, -0.25) is 0 Å². The second-order valence-electron chi connectivity index (χ2n) is 3.12. The Morgan fingerprint density at radius 3 is 2.47 bits per heavy atom. The summed E-state index contributed by atoms with van der Waals surface area (Å²) in [4.78, 5) is 11.2. The molecule has 0 atom stereocenters. The van der Waals surface area contributed by atoms with Crippen LogP contribution in [0.4, 0.5) is 0 Å². The highest BCUT2D eigenvalue weighted by molar-refractivity contribution is 7.89. The molecule has 0 aliphatic heterocycles. The Morgan fingerprint density at radius 1 is 1.47 bits per heavy atom. The molecule has 0 radical (unpaired) electrons. The number of ether oxygens (including phenoxy) is 1. The summed E-state index contributed by atoms with van der Waals surface area (Å²) in [6.45, 7) is 3.34. The summed E-state index contributed by atoms with van der Waals surface area (Å²) in [5.41, 5.74) is 0. The average molecular weight is 233 g/mol. The van der Waals surface area contributed by atoms with Crippen LogP contribution in [0.1, 0.15) is 24.4 Å². The molecular weight excluding hydrogens is 222 g/mol. The van der Waals surface area contributed by atoms with E-state index in [1.807, 2.05) is 0 Å². The van der Waals surface area contributed by atoms with E-state index >= 15 is 0 Å². The molecule has 0 spiro atoms. The molecule has 0 saturated carbocycles. The van der Waals surface area contributed by atoms with Crippen molar-refractivity contribution in [3.05, 3.63) is 17.9 Å². The van der Waals surface area contributed by atoms with Gasteiger partial charge >= 0.3 is 5.97 Å². The minimum Gasteiger partial charge on any atom is -0.457 e. The molecule has 0 amide bonds. The summed E-state index contributed by atoms with van der Waals surface area (Å²) in [7, 11) is -3.92. The Balaban J connectivity index is 2.90. The number of hydrogen-bond acceptors (Lipinski definition) is 5. The zero-order valence-electron chi connectivity index (χ0n) is 8.26. The van der Waals surface area contributed by atoms with Crippen LogP contribution in [0.25, 0.3) is 0 Å². The van der Waals surface area contributed by atoms with Gasteiger partial charge in [-0.25, -0.2) is 18.4 Å². The van der Waals surface area contributed by atoms with E-state index in [0.29, 0.717) is 0 Å². The first-order valence-electron chi connectivity index (χ1n) is 4.14. The predicted octanol–water partition coefficient (Wildman–Crippen LogP) is 0.492. The molecule has 0 aromatic carbocycles. The van der Waals surface area contributed by atoms with Crippen LogP contribution >= 0.6 is 0 Å². The SMILES string of the molecule is CC(C)OC(=O)c1ccc(S(N)(=O)=O)o1. The molecule has 0 aliphatic rings. The highest BCUT2D eigenvalue weighted by atomic mass is 32.2. The third-order valence-corrected chi connectivity index (χ3v) is 2.19. The van der Waals surface area contributed by atoms with Gasteiger partial charge in [-0.1, -0.05) is 0 Å². The number of esters is 1. The van der Waals surface area contributed by atoms with Gasteiger partial charge in [-0.2, -0.15) is 0 Å². The third-order valence-electron chi connectivity index (χ3n) is 1.41. The second-order valence-corrected chi connectivity index (χ2v) is 4.61. The summed E-state index contributed by atoms with van der Waals surface area (Å²) in [6.07, 6.45) is -0.305. The lowest BCUT2D eigenvalue weighted by molar-refractivity contribution is 0.0335. The minimum atomic E-state index is -3.92. The highest BCUT2D eigenvalue weighted by Crippen LogP contribution is 2.13. The monoisotopic (exact) mass is 233 g/mol. The van der Waals surface area contributed by atoms with Crippen molar-refractivity contribution < 1.29 is 22.4 Å². The van der Waals surface area contributed by atoms with Gasteiger partial charge in [0.15, 0.2) is 0 Å². The second kappa shape index (κ2) is 4.03. The average Bonchev–Trinajstić information content (AvgIpc) is 2.48. The van der Waals surface area contributed by atoms with Crippen molar-refractivity contribution in [1.82, 2.24) is 0 Å². The van der Waals surface area contributed by atoms with Crippen LogP contribution in [-0.4, -0.2) is 20.5 Å². The molecule has 7 heteroatoms. The summed E-state index contributed by atoms with van der Waals surface area (Å²) < 4.78 is 31.2. The van der Waals surface area contributed by atoms with E-state index in [0.717, 1.165) is 6.07 Å². The number of carbonyl (C=O) groups is 1. The van der Waals surface area contributed by atoms with E-state index in [4.69, 9.17) is 14.3 Å². The highest BCUT2D eigenvalue weighted by Gasteiger charge is 2.18. The van der Waals surface area contributed by atoms with Crippen LogP contribution in [0.2, 0.25) is 0 Å². The lowest BCUT2D eigenvalue weighted by Gasteiger charge is -2.04. The molecule has 0 fully saturated rings. The van der Waals surface area contributed by atoms with E-state index in [1.54, 1.807) is 13.8 Å². The number of primary sulfonamides is 1. The Hall–Kier alpha value is -1.34. The van der Waals surface area contributed by atoms with Gasteiger partial charge < -0.3 is 9.15 Å². The minimum absolute atomic E-state index is 0.187. The van der Waals surface area contributed by atoms with Crippen molar-refractivity contribution in [2.24, 2.45) is 5.14 Å². The smallest absolute Gasteiger partial charge is 0.374 e. The number of sulfonamides is 1. The van der Waals surface area contributed by atoms with Crippen LogP contribution < -0.4 is 5.14 Å². The molecule has 1 aromatic rings. The van der Waals surface area contributed by atoms with Gasteiger partial charge in [-0.15, -0.1) is 0 Å². The van der Waals surface area contributed by atoms with Crippen LogP contribution in [0.15, 0.2) is 21.6 Å². The molecule has 2 N–H and O–H groups in total. The number of hydrogen-bond donors (Lipinski definition) is 1.